The summed E-state index contributed by atoms with van der Waals surface area (Å²) in [6.07, 6.45) is 1.78. The first-order chi connectivity index (χ1) is 8.18. The minimum absolute atomic E-state index is 0.236. The number of nitrogens with one attached hydrogen (secondary N) is 1. The van der Waals surface area contributed by atoms with Gasteiger partial charge in [0.2, 0.25) is 0 Å². The molecule has 0 aliphatic carbocycles. The highest BCUT2D eigenvalue weighted by atomic mass is 16.4. The molecule has 0 spiro atoms. The van der Waals surface area contributed by atoms with Crippen molar-refractivity contribution in [2.45, 2.75) is 12.5 Å². The van der Waals surface area contributed by atoms with Gasteiger partial charge in [-0.2, -0.15) is 0 Å². The molecule has 4 N–H and O–H groups in total. The second kappa shape index (κ2) is 4.80. The molecular weight excluding hydrogens is 218 g/mol. The Labute approximate surface area is 98.3 Å². The number of carbonyl (C=O) groups is 1. The number of hydrogen-bond donors (Lipinski definition) is 3. The van der Waals surface area contributed by atoms with Gasteiger partial charge < -0.3 is 15.8 Å². The first-order valence-electron chi connectivity index (χ1n) is 5.24. The van der Waals surface area contributed by atoms with E-state index in [0.29, 0.717) is 0 Å². The van der Waals surface area contributed by atoms with Crippen LogP contribution in [0.4, 0.5) is 0 Å². The van der Waals surface area contributed by atoms with Crippen molar-refractivity contribution < 1.29 is 9.90 Å². The molecule has 0 saturated carbocycles. The van der Waals surface area contributed by atoms with Gasteiger partial charge in [-0.15, -0.1) is 0 Å². The van der Waals surface area contributed by atoms with Gasteiger partial charge in [0.15, 0.2) is 0 Å². The molecule has 17 heavy (non-hydrogen) atoms. The van der Waals surface area contributed by atoms with Crippen LogP contribution in [0.3, 0.4) is 0 Å². The van der Waals surface area contributed by atoms with Gasteiger partial charge in [0.25, 0.3) is 0 Å². The summed E-state index contributed by atoms with van der Waals surface area (Å²) >= 11 is 0. The standard InChI is InChI=1S/C12H13N3O2/c13-9(12(16)17)6-10-11(15-7-14-10)8-4-2-1-3-5-8/h1-5,7,9H,6,13H2,(H,14,15)(H,16,17)/t9-/m0/s1. The van der Waals surface area contributed by atoms with E-state index < -0.39 is 12.0 Å². The molecule has 2 aromatic rings. The maximum absolute atomic E-state index is 10.7. The van der Waals surface area contributed by atoms with E-state index >= 15 is 0 Å². The molecule has 2 rings (SSSR count). The SMILES string of the molecule is N[C@@H](Cc1[nH]cnc1-c1ccccc1)C(=O)O. The van der Waals surface area contributed by atoms with Gasteiger partial charge in [-0.05, 0) is 0 Å². The predicted octanol–water partition coefficient (Wildman–Crippen LogP) is 1.03. The summed E-state index contributed by atoms with van der Waals surface area (Å²) in [7, 11) is 0. The predicted molar refractivity (Wildman–Crippen MR) is 63.3 cm³/mol. The van der Waals surface area contributed by atoms with Gasteiger partial charge >= 0.3 is 5.97 Å². The molecule has 0 saturated heterocycles. The monoisotopic (exact) mass is 231 g/mol. The van der Waals surface area contributed by atoms with Crippen LogP contribution in [0.25, 0.3) is 11.3 Å². The van der Waals surface area contributed by atoms with Crippen LogP contribution >= 0.6 is 0 Å². The topological polar surface area (TPSA) is 92.0 Å². The molecule has 0 unspecified atom stereocenters. The van der Waals surface area contributed by atoms with E-state index in [0.717, 1.165) is 17.0 Å². The molecule has 1 aromatic carbocycles. The lowest BCUT2D eigenvalue weighted by atomic mass is 10.1. The number of hydrogen-bond acceptors (Lipinski definition) is 3. The van der Waals surface area contributed by atoms with Crippen LogP contribution in [-0.4, -0.2) is 27.1 Å². The summed E-state index contributed by atoms with van der Waals surface area (Å²) in [5.74, 6) is -1.02. The Bertz CT molecular complexity index is 507. The van der Waals surface area contributed by atoms with Gasteiger partial charge in [0.1, 0.15) is 6.04 Å². The third kappa shape index (κ3) is 2.51. The summed E-state index contributed by atoms with van der Waals surface area (Å²) in [4.78, 5) is 17.8. The minimum Gasteiger partial charge on any atom is -0.480 e. The lowest BCUT2D eigenvalue weighted by Gasteiger charge is -2.06. The van der Waals surface area contributed by atoms with Gasteiger partial charge in [0.05, 0.1) is 12.0 Å². The van der Waals surface area contributed by atoms with Crippen molar-refractivity contribution in [1.29, 1.82) is 0 Å². The molecule has 0 amide bonds. The molecule has 5 heteroatoms. The molecule has 1 aromatic heterocycles. The number of H-pyrrole nitrogens is 1. The van der Waals surface area contributed by atoms with E-state index in [4.69, 9.17) is 10.8 Å². The summed E-state index contributed by atoms with van der Waals surface area (Å²) in [5, 5.41) is 8.78. The van der Waals surface area contributed by atoms with E-state index in [-0.39, 0.29) is 6.42 Å². The zero-order chi connectivity index (χ0) is 12.3. The van der Waals surface area contributed by atoms with Gasteiger partial charge in [0, 0.05) is 17.7 Å². The van der Waals surface area contributed by atoms with Gasteiger partial charge in [-0.25, -0.2) is 4.98 Å². The number of rotatable bonds is 4. The van der Waals surface area contributed by atoms with E-state index in [1.54, 1.807) is 6.33 Å². The third-order valence-corrected chi connectivity index (χ3v) is 2.51. The molecule has 1 atom stereocenters. The number of imidazole rings is 1. The average molecular weight is 231 g/mol. The number of aromatic nitrogens is 2. The lowest BCUT2D eigenvalue weighted by molar-refractivity contribution is -0.138. The molecule has 88 valence electrons. The maximum atomic E-state index is 10.7. The van der Waals surface area contributed by atoms with E-state index in [1.807, 2.05) is 30.3 Å². The molecule has 1 heterocycles. The quantitative estimate of drug-likeness (QED) is 0.732. The lowest BCUT2D eigenvalue weighted by Crippen LogP contribution is -2.32. The van der Waals surface area contributed by atoms with Crippen LogP contribution in [0.5, 0.6) is 0 Å². The van der Waals surface area contributed by atoms with Gasteiger partial charge in [-0.3, -0.25) is 4.79 Å². The van der Waals surface area contributed by atoms with Crippen molar-refractivity contribution in [3.05, 3.63) is 42.4 Å². The molecule has 0 bridgehead atoms. The largest absolute Gasteiger partial charge is 0.480 e. The van der Waals surface area contributed by atoms with Crippen LogP contribution in [0, 0.1) is 0 Å². The average Bonchev–Trinajstić information content (AvgIpc) is 2.78. The summed E-state index contributed by atoms with van der Waals surface area (Å²) in [5.41, 5.74) is 7.95. The Balaban J connectivity index is 2.26. The van der Waals surface area contributed by atoms with Crippen molar-refractivity contribution in [3.63, 3.8) is 0 Å². The molecule has 0 radical (unpaired) electrons. The zero-order valence-corrected chi connectivity index (χ0v) is 9.13. The van der Waals surface area contributed by atoms with Crippen LogP contribution < -0.4 is 5.73 Å². The summed E-state index contributed by atoms with van der Waals surface area (Å²) in [6, 6.07) is 8.66. The smallest absolute Gasteiger partial charge is 0.320 e. The maximum Gasteiger partial charge on any atom is 0.320 e. The summed E-state index contributed by atoms with van der Waals surface area (Å²) in [6.45, 7) is 0. The normalized spacial score (nSPS) is 12.3. The van der Waals surface area contributed by atoms with Crippen molar-refractivity contribution in [1.82, 2.24) is 9.97 Å². The fourth-order valence-corrected chi connectivity index (χ4v) is 1.63. The Morgan fingerprint density at radius 3 is 2.76 bits per heavy atom. The van der Waals surface area contributed by atoms with Crippen LogP contribution in [0.2, 0.25) is 0 Å². The minimum atomic E-state index is -1.02. The Hall–Kier alpha value is -2.14. The third-order valence-electron chi connectivity index (χ3n) is 2.51. The molecule has 5 nitrogen and oxygen atoms in total. The highest BCUT2D eigenvalue weighted by molar-refractivity contribution is 5.74. The fraction of sp³-hybridized carbons (Fsp3) is 0.167. The number of benzene rings is 1. The van der Waals surface area contributed by atoms with Crippen LogP contribution in [0.15, 0.2) is 36.7 Å². The fourth-order valence-electron chi connectivity index (χ4n) is 1.63. The first kappa shape index (κ1) is 11.3. The molecule has 0 aliphatic rings. The number of carboxylic acid groups (broad SMARTS) is 1. The van der Waals surface area contributed by atoms with Crippen molar-refractivity contribution >= 4 is 5.97 Å². The van der Waals surface area contributed by atoms with E-state index in [1.165, 1.54) is 0 Å². The first-order valence-corrected chi connectivity index (χ1v) is 5.24. The number of nitrogens with zero attached hydrogens (tertiary/aromatic N) is 1. The summed E-state index contributed by atoms with van der Waals surface area (Å²) < 4.78 is 0. The zero-order valence-electron chi connectivity index (χ0n) is 9.13. The highest BCUT2D eigenvalue weighted by Crippen LogP contribution is 2.20. The van der Waals surface area contributed by atoms with E-state index in [9.17, 15) is 4.79 Å². The second-order valence-electron chi connectivity index (χ2n) is 3.74. The number of aliphatic carboxylic acids is 1. The van der Waals surface area contributed by atoms with Crippen molar-refractivity contribution in [3.8, 4) is 11.3 Å². The second-order valence-corrected chi connectivity index (χ2v) is 3.74. The van der Waals surface area contributed by atoms with Crippen molar-refractivity contribution in [2.75, 3.05) is 0 Å². The highest BCUT2D eigenvalue weighted by Gasteiger charge is 2.16. The molecule has 0 fully saturated rings. The number of carboxylic acids is 1. The van der Waals surface area contributed by atoms with Crippen molar-refractivity contribution in [2.24, 2.45) is 5.73 Å². The van der Waals surface area contributed by atoms with E-state index in [2.05, 4.69) is 9.97 Å². The number of aromatic amines is 1. The molecule has 0 aliphatic heterocycles. The van der Waals surface area contributed by atoms with Gasteiger partial charge in [-0.1, -0.05) is 30.3 Å². The molecular formula is C12H13N3O2. The Morgan fingerprint density at radius 2 is 2.12 bits per heavy atom. The Kier molecular flexibility index (Phi) is 3.20. The Morgan fingerprint density at radius 1 is 1.41 bits per heavy atom. The van der Waals surface area contributed by atoms with Crippen LogP contribution in [0.1, 0.15) is 5.69 Å². The number of nitrogens with two attached hydrogens (primary N) is 1. The van der Waals surface area contributed by atoms with Crippen LogP contribution in [-0.2, 0) is 11.2 Å².